The molecule has 2 N–H and O–H groups in total. The first kappa shape index (κ1) is 15.7. The molecule has 0 aromatic carbocycles. The minimum absolute atomic E-state index is 0.833. The number of anilines is 2. The lowest BCUT2D eigenvalue weighted by atomic mass is 10.2. The van der Waals surface area contributed by atoms with Crippen LogP contribution in [-0.4, -0.2) is 28.5 Å². The number of thiazole rings is 1. The van der Waals surface area contributed by atoms with Crippen molar-refractivity contribution in [1.29, 1.82) is 0 Å². The second-order valence-corrected chi connectivity index (χ2v) is 5.96. The summed E-state index contributed by atoms with van der Waals surface area (Å²) < 4.78 is 0. The number of hydrogen-bond acceptors (Lipinski definition) is 6. The fraction of sp³-hybridized carbons (Fsp3) is 0.533. The highest BCUT2D eigenvalue weighted by atomic mass is 32.1. The molecule has 0 amide bonds. The smallest absolute Gasteiger partial charge is 0.134 e. The van der Waals surface area contributed by atoms with Gasteiger partial charge in [-0.3, -0.25) is 0 Å². The zero-order valence-electron chi connectivity index (χ0n) is 13.2. The van der Waals surface area contributed by atoms with E-state index < -0.39 is 0 Å². The van der Waals surface area contributed by atoms with Crippen LogP contribution in [0.4, 0.5) is 11.6 Å². The summed E-state index contributed by atoms with van der Waals surface area (Å²) in [6, 6.07) is 0. The standard InChI is InChI=1S/C15H23N5S/c1-5-6-12-19-14(16-4)11(3)15(20-12)17-8-7-13-18-10(2)9-21-13/h9H,5-8H2,1-4H3,(H2,16,17,19,20). The predicted molar refractivity (Wildman–Crippen MR) is 89.4 cm³/mol. The van der Waals surface area contributed by atoms with Crippen molar-refractivity contribution in [3.05, 3.63) is 27.5 Å². The molecule has 0 aliphatic carbocycles. The van der Waals surface area contributed by atoms with Crippen LogP contribution in [0.2, 0.25) is 0 Å². The molecule has 6 heteroatoms. The van der Waals surface area contributed by atoms with E-state index in [1.165, 1.54) is 0 Å². The van der Waals surface area contributed by atoms with E-state index in [0.29, 0.717) is 0 Å². The third kappa shape index (κ3) is 4.14. The van der Waals surface area contributed by atoms with E-state index >= 15 is 0 Å². The molecule has 0 aliphatic rings. The second kappa shape index (κ2) is 7.36. The summed E-state index contributed by atoms with van der Waals surface area (Å²) in [5.41, 5.74) is 2.16. The Morgan fingerprint density at radius 2 is 1.86 bits per heavy atom. The molecule has 2 rings (SSSR count). The summed E-state index contributed by atoms with van der Waals surface area (Å²) >= 11 is 1.71. The van der Waals surface area contributed by atoms with Crippen molar-refractivity contribution in [2.45, 2.75) is 40.0 Å². The van der Waals surface area contributed by atoms with Crippen molar-refractivity contribution in [2.75, 3.05) is 24.2 Å². The van der Waals surface area contributed by atoms with E-state index in [4.69, 9.17) is 0 Å². The molecule has 0 aliphatic heterocycles. The molecular weight excluding hydrogens is 282 g/mol. The first-order valence-corrected chi connectivity index (χ1v) is 8.22. The fourth-order valence-electron chi connectivity index (χ4n) is 2.12. The Bertz CT molecular complexity index is 594. The van der Waals surface area contributed by atoms with Crippen LogP contribution in [0.15, 0.2) is 5.38 Å². The second-order valence-electron chi connectivity index (χ2n) is 5.02. The van der Waals surface area contributed by atoms with E-state index in [2.05, 4.69) is 37.9 Å². The molecule has 5 nitrogen and oxygen atoms in total. The van der Waals surface area contributed by atoms with Gasteiger partial charge in [0.1, 0.15) is 17.5 Å². The lowest BCUT2D eigenvalue weighted by Gasteiger charge is -2.13. The van der Waals surface area contributed by atoms with Gasteiger partial charge in [0.25, 0.3) is 0 Å². The predicted octanol–water partition coefficient (Wildman–Crippen LogP) is 3.20. The lowest BCUT2D eigenvalue weighted by molar-refractivity contribution is 0.830. The van der Waals surface area contributed by atoms with Gasteiger partial charge in [-0.25, -0.2) is 15.0 Å². The van der Waals surface area contributed by atoms with Crippen molar-refractivity contribution in [2.24, 2.45) is 0 Å². The van der Waals surface area contributed by atoms with Gasteiger partial charge in [-0.1, -0.05) is 6.92 Å². The summed E-state index contributed by atoms with van der Waals surface area (Å²) in [5.74, 6) is 2.71. The van der Waals surface area contributed by atoms with Crippen molar-refractivity contribution in [1.82, 2.24) is 15.0 Å². The van der Waals surface area contributed by atoms with E-state index in [1.54, 1.807) is 11.3 Å². The summed E-state index contributed by atoms with van der Waals surface area (Å²) in [6.45, 7) is 7.04. The molecule has 0 unspecified atom stereocenters. The minimum atomic E-state index is 0.833. The monoisotopic (exact) mass is 305 g/mol. The number of aromatic nitrogens is 3. The van der Waals surface area contributed by atoms with Crippen LogP contribution >= 0.6 is 11.3 Å². The van der Waals surface area contributed by atoms with Crippen LogP contribution in [0.5, 0.6) is 0 Å². The van der Waals surface area contributed by atoms with Crippen LogP contribution < -0.4 is 10.6 Å². The maximum Gasteiger partial charge on any atom is 0.134 e. The summed E-state index contributed by atoms with van der Waals surface area (Å²) in [5, 5.41) is 9.81. The van der Waals surface area contributed by atoms with Crippen LogP contribution in [-0.2, 0) is 12.8 Å². The molecule has 0 radical (unpaired) electrons. The van der Waals surface area contributed by atoms with Crippen LogP contribution in [0.1, 0.15) is 35.4 Å². The molecular formula is C15H23N5S. The average Bonchev–Trinajstić information content (AvgIpc) is 2.88. The number of nitrogens with one attached hydrogen (secondary N) is 2. The largest absolute Gasteiger partial charge is 0.373 e. The van der Waals surface area contributed by atoms with Gasteiger partial charge in [-0.2, -0.15) is 0 Å². The van der Waals surface area contributed by atoms with E-state index in [9.17, 15) is 0 Å². The maximum absolute atomic E-state index is 4.63. The number of aryl methyl sites for hydroxylation is 2. The molecule has 0 saturated carbocycles. The van der Waals surface area contributed by atoms with Crippen LogP contribution in [0.3, 0.4) is 0 Å². The highest BCUT2D eigenvalue weighted by Gasteiger charge is 2.09. The Morgan fingerprint density at radius 3 is 2.48 bits per heavy atom. The Labute approximate surface area is 130 Å². The average molecular weight is 305 g/mol. The zero-order chi connectivity index (χ0) is 15.2. The Kier molecular flexibility index (Phi) is 5.50. The number of nitrogens with zero attached hydrogens (tertiary/aromatic N) is 3. The van der Waals surface area contributed by atoms with Gasteiger partial charge in [0.15, 0.2) is 0 Å². The van der Waals surface area contributed by atoms with Crippen molar-refractivity contribution in [3.8, 4) is 0 Å². The molecule has 2 aromatic heterocycles. The molecule has 0 atom stereocenters. The highest BCUT2D eigenvalue weighted by molar-refractivity contribution is 7.09. The minimum Gasteiger partial charge on any atom is -0.373 e. The fourth-order valence-corrected chi connectivity index (χ4v) is 2.90. The van der Waals surface area contributed by atoms with Gasteiger partial charge in [0.2, 0.25) is 0 Å². The normalized spacial score (nSPS) is 10.7. The van der Waals surface area contributed by atoms with E-state index in [-0.39, 0.29) is 0 Å². The molecule has 0 saturated heterocycles. The molecule has 2 heterocycles. The van der Waals surface area contributed by atoms with Gasteiger partial charge < -0.3 is 10.6 Å². The number of rotatable bonds is 7. The summed E-state index contributed by atoms with van der Waals surface area (Å²) in [7, 11) is 1.90. The Hall–Kier alpha value is -1.69. The van der Waals surface area contributed by atoms with Gasteiger partial charge in [-0.05, 0) is 20.3 Å². The molecule has 114 valence electrons. The zero-order valence-corrected chi connectivity index (χ0v) is 14.0. The third-order valence-electron chi connectivity index (χ3n) is 3.20. The first-order valence-electron chi connectivity index (χ1n) is 7.34. The Morgan fingerprint density at radius 1 is 1.10 bits per heavy atom. The van der Waals surface area contributed by atoms with E-state index in [0.717, 1.165) is 59.5 Å². The van der Waals surface area contributed by atoms with Crippen LogP contribution in [0.25, 0.3) is 0 Å². The number of hydrogen-bond donors (Lipinski definition) is 2. The quantitative estimate of drug-likeness (QED) is 0.822. The highest BCUT2D eigenvalue weighted by Crippen LogP contribution is 2.20. The molecule has 0 bridgehead atoms. The van der Waals surface area contributed by atoms with Crippen molar-refractivity contribution < 1.29 is 0 Å². The molecule has 0 spiro atoms. The molecule has 21 heavy (non-hydrogen) atoms. The van der Waals surface area contributed by atoms with Crippen molar-refractivity contribution >= 4 is 23.0 Å². The molecule has 0 fully saturated rings. The summed E-state index contributed by atoms with van der Waals surface area (Å²) in [6.07, 6.45) is 2.86. The first-order chi connectivity index (χ1) is 10.1. The third-order valence-corrected chi connectivity index (χ3v) is 4.23. The van der Waals surface area contributed by atoms with Gasteiger partial charge in [-0.15, -0.1) is 11.3 Å². The molecule has 2 aromatic rings. The van der Waals surface area contributed by atoms with E-state index in [1.807, 2.05) is 20.9 Å². The SMILES string of the molecule is CCCc1nc(NC)c(C)c(NCCc2nc(C)cs2)n1. The van der Waals surface area contributed by atoms with Crippen molar-refractivity contribution in [3.63, 3.8) is 0 Å². The van der Waals surface area contributed by atoms with Gasteiger partial charge in [0.05, 0.1) is 5.01 Å². The lowest BCUT2D eigenvalue weighted by Crippen LogP contribution is -2.12. The maximum atomic E-state index is 4.63. The topological polar surface area (TPSA) is 62.7 Å². The summed E-state index contributed by atoms with van der Waals surface area (Å²) in [4.78, 5) is 13.6. The van der Waals surface area contributed by atoms with Crippen LogP contribution in [0, 0.1) is 13.8 Å². The van der Waals surface area contributed by atoms with Gasteiger partial charge in [0, 0.05) is 43.1 Å². The Balaban J connectivity index is 2.05. The van der Waals surface area contributed by atoms with Gasteiger partial charge >= 0.3 is 0 Å².